The molecular formula is C12H26N2O3S. The second-order valence-corrected chi connectivity index (χ2v) is 7.23. The minimum atomic E-state index is -3.13. The van der Waals surface area contributed by atoms with Crippen molar-refractivity contribution in [3.8, 4) is 0 Å². The van der Waals surface area contributed by atoms with Gasteiger partial charge in [-0.25, -0.2) is 13.2 Å². The summed E-state index contributed by atoms with van der Waals surface area (Å²) in [4.78, 5) is 13.3. The third-order valence-electron chi connectivity index (χ3n) is 3.34. The van der Waals surface area contributed by atoms with Gasteiger partial charge in [-0.1, -0.05) is 19.8 Å². The number of nitrogens with zero attached hydrogens (tertiary/aromatic N) is 1. The summed E-state index contributed by atoms with van der Waals surface area (Å²) in [7, 11) is -1.50. The molecule has 2 unspecified atom stereocenters. The maximum atomic E-state index is 11.8. The Morgan fingerprint density at radius 2 is 1.83 bits per heavy atom. The van der Waals surface area contributed by atoms with Crippen molar-refractivity contribution in [3.63, 3.8) is 0 Å². The number of amides is 2. The van der Waals surface area contributed by atoms with E-state index >= 15 is 0 Å². The summed E-state index contributed by atoms with van der Waals surface area (Å²) >= 11 is 0. The Balaban J connectivity index is 4.29. The molecule has 0 aliphatic heterocycles. The molecule has 1 N–H and O–H groups in total. The highest BCUT2D eigenvalue weighted by atomic mass is 32.2. The highest BCUT2D eigenvalue weighted by molar-refractivity contribution is 7.91. The smallest absolute Gasteiger partial charge is 0.317 e. The van der Waals surface area contributed by atoms with Gasteiger partial charge in [-0.3, -0.25) is 0 Å². The molecule has 0 aromatic carbocycles. The molecule has 0 radical (unpaired) electrons. The molecule has 0 fully saturated rings. The lowest BCUT2D eigenvalue weighted by Gasteiger charge is -2.29. The molecular weight excluding hydrogens is 252 g/mol. The topological polar surface area (TPSA) is 66.5 Å². The van der Waals surface area contributed by atoms with Gasteiger partial charge in [0.05, 0.1) is 5.25 Å². The Bertz CT molecular complexity index is 354. The van der Waals surface area contributed by atoms with Crippen LogP contribution in [0.15, 0.2) is 0 Å². The molecule has 0 rings (SSSR count). The molecule has 0 bridgehead atoms. The molecule has 0 saturated carbocycles. The van der Waals surface area contributed by atoms with Gasteiger partial charge < -0.3 is 10.2 Å². The Hall–Kier alpha value is -0.780. The summed E-state index contributed by atoms with van der Waals surface area (Å²) in [6.07, 6.45) is 4.33. The van der Waals surface area contributed by atoms with Gasteiger partial charge in [0.15, 0.2) is 9.84 Å². The second-order valence-electron chi connectivity index (χ2n) is 4.83. The van der Waals surface area contributed by atoms with E-state index in [9.17, 15) is 13.2 Å². The first-order valence-electron chi connectivity index (χ1n) is 6.41. The van der Waals surface area contributed by atoms with Gasteiger partial charge in [0, 0.05) is 25.9 Å². The Morgan fingerprint density at radius 3 is 2.28 bits per heavy atom. The summed E-state index contributed by atoms with van der Waals surface area (Å²) < 4.78 is 22.9. The van der Waals surface area contributed by atoms with Gasteiger partial charge in [0.1, 0.15) is 0 Å². The Labute approximate surface area is 111 Å². The van der Waals surface area contributed by atoms with Gasteiger partial charge in [-0.05, 0) is 20.3 Å². The standard InChI is InChI=1S/C12H26N2O3S/c1-6-7-8-9-13-12(15)14(4)10(2)11(3)18(5,16)17/h10-11H,6-9H2,1-5H3,(H,13,15). The number of hydrogen-bond donors (Lipinski definition) is 1. The van der Waals surface area contributed by atoms with Gasteiger partial charge >= 0.3 is 6.03 Å². The van der Waals surface area contributed by atoms with Crippen LogP contribution in [0.5, 0.6) is 0 Å². The minimum Gasteiger partial charge on any atom is -0.338 e. The quantitative estimate of drug-likeness (QED) is 0.720. The van der Waals surface area contributed by atoms with Crippen molar-refractivity contribution in [1.82, 2.24) is 10.2 Å². The average molecular weight is 278 g/mol. The van der Waals surface area contributed by atoms with E-state index < -0.39 is 15.1 Å². The Kier molecular flexibility index (Phi) is 7.28. The predicted octanol–water partition coefficient (Wildman–Crippen LogP) is 1.64. The molecule has 5 nitrogen and oxygen atoms in total. The lowest BCUT2D eigenvalue weighted by molar-refractivity contribution is 0.193. The van der Waals surface area contributed by atoms with Crippen LogP contribution < -0.4 is 5.32 Å². The van der Waals surface area contributed by atoms with E-state index in [2.05, 4.69) is 12.2 Å². The highest BCUT2D eigenvalue weighted by Crippen LogP contribution is 2.10. The van der Waals surface area contributed by atoms with Crippen molar-refractivity contribution in [2.24, 2.45) is 0 Å². The number of sulfone groups is 1. The first kappa shape index (κ1) is 17.2. The van der Waals surface area contributed by atoms with Crippen LogP contribution in [0.25, 0.3) is 0 Å². The van der Waals surface area contributed by atoms with Crippen molar-refractivity contribution >= 4 is 15.9 Å². The number of unbranched alkanes of at least 4 members (excludes halogenated alkanes) is 2. The van der Waals surface area contributed by atoms with E-state index in [0.717, 1.165) is 19.3 Å². The second kappa shape index (κ2) is 7.61. The van der Waals surface area contributed by atoms with E-state index in [0.29, 0.717) is 6.54 Å². The number of urea groups is 1. The van der Waals surface area contributed by atoms with Crippen molar-refractivity contribution in [2.45, 2.75) is 51.3 Å². The zero-order chi connectivity index (χ0) is 14.3. The molecule has 6 heteroatoms. The van der Waals surface area contributed by atoms with Crippen molar-refractivity contribution in [1.29, 1.82) is 0 Å². The van der Waals surface area contributed by atoms with Crippen LogP contribution in [0.4, 0.5) is 4.79 Å². The molecule has 18 heavy (non-hydrogen) atoms. The third-order valence-corrected chi connectivity index (χ3v) is 5.09. The van der Waals surface area contributed by atoms with Crippen LogP contribution in [-0.4, -0.2) is 50.5 Å². The van der Waals surface area contributed by atoms with E-state index in [1.165, 1.54) is 11.2 Å². The molecule has 0 aromatic heterocycles. The predicted molar refractivity (Wildman–Crippen MR) is 74.5 cm³/mol. The van der Waals surface area contributed by atoms with Gasteiger partial charge in [-0.2, -0.15) is 0 Å². The number of rotatable bonds is 7. The molecule has 0 aromatic rings. The molecule has 0 saturated heterocycles. The van der Waals surface area contributed by atoms with Crippen LogP contribution in [0.1, 0.15) is 40.0 Å². The van der Waals surface area contributed by atoms with E-state index in [-0.39, 0.29) is 12.1 Å². The maximum Gasteiger partial charge on any atom is 0.317 e. The molecule has 0 spiro atoms. The van der Waals surface area contributed by atoms with Crippen LogP contribution in [0.3, 0.4) is 0 Å². The number of nitrogens with one attached hydrogen (secondary N) is 1. The summed E-state index contributed by atoms with van der Waals surface area (Å²) in [5, 5.41) is 2.23. The van der Waals surface area contributed by atoms with E-state index in [1.54, 1.807) is 20.9 Å². The van der Waals surface area contributed by atoms with Crippen molar-refractivity contribution in [3.05, 3.63) is 0 Å². The fourth-order valence-electron chi connectivity index (χ4n) is 1.55. The fourth-order valence-corrected chi connectivity index (χ4v) is 2.45. The maximum absolute atomic E-state index is 11.8. The minimum absolute atomic E-state index is 0.214. The highest BCUT2D eigenvalue weighted by Gasteiger charge is 2.27. The first-order chi connectivity index (χ1) is 8.21. The molecule has 0 aliphatic rings. The van der Waals surface area contributed by atoms with Crippen LogP contribution in [-0.2, 0) is 9.84 Å². The summed E-state index contributed by atoms with van der Waals surface area (Å²) in [6.45, 7) is 6.11. The molecule has 0 heterocycles. The average Bonchev–Trinajstić information content (AvgIpc) is 2.30. The largest absolute Gasteiger partial charge is 0.338 e. The van der Waals surface area contributed by atoms with E-state index in [1.807, 2.05) is 0 Å². The van der Waals surface area contributed by atoms with Gasteiger partial charge in [0.25, 0.3) is 0 Å². The van der Waals surface area contributed by atoms with Crippen LogP contribution >= 0.6 is 0 Å². The normalized spacial score (nSPS) is 14.9. The van der Waals surface area contributed by atoms with Gasteiger partial charge in [-0.15, -0.1) is 0 Å². The van der Waals surface area contributed by atoms with Crippen LogP contribution in [0.2, 0.25) is 0 Å². The van der Waals surface area contributed by atoms with Gasteiger partial charge in [0.2, 0.25) is 0 Å². The molecule has 2 amide bonds. The SMILES string of the molecule is CCCCCNC(=O)N(C)C(C)C(C)S(C)(=O)=O. The zero-order valence-corrected chi connectivity index (χ0v) is 12.9. The van der Waals surface area contributed by atoms with Crippen LogP contribution in [0, 0.1) is 0 Å². The molecule has 0 aliphatic carbocycles. The summed E-state index contributed by atoms with van der Waals surface area (Å²) in [5.41, 5.74) is 0. The molecule has 108 valence electrons. The number of carbonyl (C=O) groups excluding carboxylic acids is 1. The monoisotopic (exact) mass is 278 g/mol. The summed E-state index contributed by atoms with van der Waals surface area (Å²) in [5.74, 6) is 0. The number of hydrogen-bond acceptors (Lipinski definition) is 3. The summed E-state index contributed by atoms with van der Waals surface area (Å²) in [6, 6.07) is -0.555. The van der Waals surface area contributed by atoms with Crippen molar-refractivity contribution < 1.29 is 13.2 Å². The van der Waals surface area contributed by atoms with E-state index in [4.69, 9.17) is 0 Å². The third kappa shape index (κ3) is 5.71. The lowest BCUT2D eigenvalue weighted by Crippen LogP contribution is -2.48. The lowest BCUT2D eigenvalue weighted by atomic mass is 10.2. The Morgan fingerprint density at radius 1 is 1.28 bits per heavy atom. The number of carbonyl (C=O) groups is 1. The molecule has 2 atom stereocenters. The zero-order valence-electron chi connectivity index (χ0n) is 12.1. The van der Waals surface area contributed by atoms with Crippen molar-refractivity contribution in [2.75, 3.05) is 19.8 Å². The fraction of sp³-hybridized carbons (Fsp3) is 0.917. The first-order valence-corrected chi connectivity index (χ1v) is 8.36.